The van der Waals surface area contributed by atoms with Crippen LogP contribution >= 0.6 is 0 Å². The Labute approximate surface area is 147 Å². The van der Waals surface area contributed by atoms with E-state index in [9.17, 15) is 13.2 Å². The molecule has 1 aliphatic heterocycles. The molecule has 0 spiro atoms. The second kappa shape index (κ2) is 6.19. The summed E-state index contributed by atoms with van der Waals surface area (Å²) in [5.41, 5.74) is 4.62. The van der Waals surface area contributed by atoms with Crippen molar-refractivity contribution in [3.05, 3.63) is 59.2 Å². The van der Waals surface area contributed by atoms with Gasteiger partial charge in [0, 0.05) is 17.8 Å². The summed E-state index contributed by atoms with van der Waals surface area (Å²) in [7, 11) is -3.19. The number of benzene rings is 2. The normalized spacial score (nSPS) is 18.2. The van der Waals surface area contributed by atoms with Crippen LogP contribution in [0.25, 0.3) is 0 Å². The molecule has 1 N–H and O–H groups in total. The highest BCUT2D eigenvalue weighted by molar-refractivity contribution is 7.93. The van der Waals surface area contributed by atoms with Crippen LogP contribution in [-0.2, 0) is 22.9 Å². The van der Waals surface area contributed by atoms with Gasteiger partial charge in [0.25, 0.3) is 5.91 Å². The van der Waals surface area contributed by atoms with Crippen molar-refractivity contribution in [3.63, 3.8) is 0 Å². The quantitative estimate of drug-likeness (QED) is 0.919. The van der Waals surface area contributed by atoms with Crippen molar-refractivity contribution in [2.24, 2.45) is 0 Å². The third kappa shape index (κ3) is 3.14. The number of aryl methyl sites for hydroxylation is 2. The number of sulfonamides is 1. The van der Waals surface area contributed by atoms with Gasteiger partial charge in [-0.3, -0.25) is 9.10 Å². The fraction of sp³-hybridized carbons (Fsp3) is 0.316. The molecule has 2 aromatic carbocycles. The minimum Gasteiger partial charge on any atom is -0.322 e. The lowest BCUT2D eigenvalue weighted by molar-refractivity contribution is 0.102. The Bertz CT molecular complexity index is 920. The maximum Gasteiger partial charge on any atom is 0.255 e. The number of hydrogen-bond acceptors (Lipinski definition) is 3. The van der Waals surface area contributed by atoms with E-state index < -0.39 is 10.0 Å². The number of hydrogen-bond donors (Lipinski definition) is 1. The molecule has 0 radical (unpaired) electrons. The van der Waals surface area contributed by atoms with Crippen LogP contribution in [0.3, 0.4) is 0 Å². The average molecular weight is 356 g/mol. The van der Waals surface area contributed by atoms with E-state index in [1.165, 1.54) is 21.9 Å². The van der Waals surface area contributed by atoms with Gasteiger partial charge in [-0.1, -0.05) is 6.07 Å². The van der Waals surface area contributed by atoms with Gasteiger partial charge >= 0.3 is 0 Å². The van der Waals surface area contributed by atoms with Gasteiger partial charge in [-0.05, 0) is 73.2 Å². The number of carbonyl (C=O) groups is 1. The molecule has 5 nitrogen and oxygen atoms in total. The molecule has 0 bridgehead atoms. The van der Waals surface area contributed by atoms with E-state index >= 15 is 0 Å². The van der Waals surface area contributed by atoms with Crippen LogP contribution in [0, 0.1) is 0 Å². The average Bonchev–Trinajstić information content (AvgIpc) is 3.20. The lowest BCUT2D eigenvalue weighted by Crippen LogP contribution is -2.25. The fourth-order valence-corrected chi connectivity index (χ4v) is 5.13. The molecule has 2 aromatic rings. The van der Waals surface area contributed by atoms with Gasteiger partial charge in [-0.15, -0.1) is 0 Å². The van der Waals surface area contributed by atoms with E-state index in [1.54, 1.807) is 24.3 Å². The topological polar surface area (TPSA) is 66.5 Å². The Balaban J connectivity index is 1.49. The van der Waals surface area contributed by atoms with Crippen LogP contribution in [0.1, 0.15) is 34.3 Å². The molecule has 2 aliphatic rings. The van der Waals surface area contributed by atoms with Crippen LogP contribution in [0.15, 0.2) is 42.5 Å². The third-order valence-electron chi connectivity index (χ3n) is 4.87. The molecular weight excluding hydrogens is 336 g/mol. The SMILES string of the molecule is O=C(Nc1ccc2c(c1)CCC2)c1ccc(N2CCCS2(=O)=O)cc1. The molecule has 0 aromatic heterocycles. The monoisotopic (exact) mass is 356 g/mol. The van der Waals surface area contributed by atoms with Gasteiger partial charge in [0.15, 0.2) is 0 Å². The second-order valence-corrected chi connectivity index (χ2v) is 8.59. The highest BCUT2D eigenvalue weighted by Crippen LogP contribution is 2.26. The highest BCUT2D eigenvalue weighted by Gasteiger charge is 2.28. The summed E-state index contributed by atoms with van der Waals surface area (Å²) in [6, 6.07) is 12.8. The molecule has 0 saturated carbocycles. The second-order valence-electron chi connectivity index (χ2n) is 6.58. The predicted molar refractivity (Wildman–Crippen MR) is 98.6 cm³/mol. The van der Waals surface area contributed by atoms with Crippen molar-refractivity contribution < 1.29 is 13.2 Å². The number of rotatable bonds is 3. The van der Waals surface area contributed by atoms with Crippen molar-refractivity contribution in [1.82, 2.24) is 0 Å². The molecule has 1 heterocycles. The van der Waals surface area contributed by atoms with Gasteiger partial charge in [0.2, 0.25) is 10.0 Å². The van der Waals surface area contributed by atoms with Crippen LogP contribution in [0.4, 0.5) is 11.4 Å². The number of carbonyl (C=O) groups excluding carboxylic acids is 1. The summed E-state index contributed by atoms with van der Waals surface area (Å²) in [4.78, 5) is 12.4. The van der Waals surface area contributed by atoms with E-state index in [4.69, 9.17) is 0 Å². The lowest BCUT2D eigenvalue weighted by atomic mass is 10.1. The molecule has 25 heavy (non-hydrogen) atoms. The Morgan fingerprint density at radius 3 is 2.44 bits per heavy atom. The summed E-state index contributed by atoms with van der Waals surface area (Å²) < 4.78 is 25.3. The molecule has 130 valence electrons. The number of nitrogens with one attached hydrogen (secondary N) is 1. The Morgan fingerprint density at radius 2 is 1.72 bits per heavy atom. The summed E-state index contributed by atoms with van der Waals surface area (Å²) in [5.74, 6) is 0.00174. The van der Waals surface area contributed by atoms with Gasteiger partial charge < -0.3 is 5.32 Å². The number of nitrogens with zero attached hydrogens (tertiary/aromatic N) is 1. The first-order valence-electron chi connectivity index (χ1n) is 8.57. The maximum atomic E-state index is 12.4. The summed E-state index contributed by atoms with van der Waals surface area (Å²) in [6.45, 7) is 0.503. The Morgan fingerprint density at radius 1 is 0.960 bits per heavy atom. The number of anilines is 2. The lowest BCUT2D eigenvalue weighted by Gasteiger charge is -2.17. The molecule has 6 heteroatoms. The maximum absolute atomic E-state index is 12.4. The standard InChI is InChI=1S/C19H20N2O3S/c22-19(20-17-8-5-14-3-1-4-16(14)13-17)15-6-9-18(10-7-15)21-11-2-12-25(21,23)24/h5-10,13H,1-4,11-12H2,(H,20,22). The zero-order valence-corrected chi connectivity index (χ0v) is 14.7. The Kier molecular flexibility index (Phi) is 4.00. The van der Waals surface area contributed by atoms with Gasteiger partial charge in [-0.2, -0.15) is 0 Å². The van der Waals surface area contributed by atoms with E-state index in [-0.39, 0.29) is 11.7 Å². The molecule has 1 amide bonds. The predicted octanol–water partition coefficient (Wildman–Crippen LogP) is 2.97. The summed E-state index contributed by atoms with van der Waals surface area (Å²) in [5, 5.41) is 2.92. The number of amides is 1. The van der Waals surface area contributed by atoms with Gasteiger partial charge in [0.05, 0.1) is 11.4 Å². The van der Waals surface area contributed by atoms with Crippen molar-refractivity contribution in [1.29, 1.82) is 0 Å². The van der Waals surface area contributed by atoms with Gasteiger partial charge in [0.1, 0.15) is 0 Å². The molecule has 1 fully saturated rings. The van der Waals surface area contributed by atoms with Crippen LogP contribution in [0.5, 0.6) is 0 Å². The molecule has 1 saturated heterocycles. The first-order chi connectivity index (χ1) is 12.0. The largest absolute Gasteiger partial charge is 0.322 e. The van der Waals surface area contributed by atoms with Crippen molar-refractivity contribution in [2.75, 3.05) is 21.9 Å². The minimum atomic E-state index is -3.19. The van der Waals surface area contributed by atoms with E-state index in [0.29, 0.717) is 24.2 Å². The molecule has 0 atom stereocenters. The van der Waals surface area contributed by atoms with E-state index in [2.05, 4.69) is 11.4 Å². The van der Waals surface area contributed by atoms with Gasteiger partial charge in [-0.25, -0.2) is 8.42 Å². The molecular formula is C19H20N2O3S. The first kappa shape index (κ1) is 16.1. The zero-order chi connectivity index (χ0) is 17.4. The van der Waals surface area contributed by atoms with Crippen LogP contribution in [-0.4, -0.2) is 26.6 Å². The smallest absolute Gasteiger partial charge is 0.255 e. The summed E-state index contributed by atoms with van der Waals surface area (Å²) in [6.07, 6.45) is 4.00. The van der Waals surface area contributed by atoms with E-state index in [0.717, 1.165) is 18.5 Å². The first-order valence-corrected chi connectivity index (χ1v) is 10.2. The van der Waals surface area contributed by atoms with Crippen molar-refractivity contribution in [3.8, 4) is 0 Å². The number of fused-ring (bicyclic) bond motifs is 1. The van der Waals surface area contributed by atoms with E-state index in [1.807, 2.05) is 12.1 Å². The minimum absolute atomic E-state index is 0.186. The Hall–Kier alpha value is -2.34. The van der Waals surface area contributed by atoms with Crippen molar-refractivity contribution in [2.45, 2.75) is 25.7 Å². The summed E-state index contributed by atoms with van der Waals surface area (Å²) >= 11 is 0. The van der Waals surface area contributed by atoms with Crippen molar-refractivity contribution >= 4 is 27.3 Å². The third-order valence-corrected chi connectivity index (χ3v) is 6.74. The van der Waals surface area contributed by atoms with Crippen LogP contribution < -0.4 is 9.62 Å². The molecule has 0 unspecified atom stereocenters. The highest BCUT2D eigenvalue weighted by atomic mass is 32.2. The molecule has 1 aliphatic carbocycles. The zero-order valence-electron chi connectivity index (χ0n) is 13.9. The fourth-order valence-electron chi connectivity index (χ4n) is 3.56. The van der Waals surface area contributed by atoms with Crippen LogP contribution in [0.2, 0.25) is 0 Å². The molecule has 4 rings (SSSR count).